The van der Waals surface area contributed by atoms with Gasteiger partial charge in [-0.25, -0.2) is 0 Å². The number of carboxylic acid groups (broad SMARTS) is 1. The Morgan fingerprint density at radius 2 is 2.08 bits per heavy atom. The molecule has 0 aliphatic rings. The zero-order chi connectivity index (χ0) is 9.78. The molecule has 0 heterocycles. The minimum Gasteiger partial charge on any atom is -0.481 e. The first-order valence-electron chi connectivity index (χ1n) is 3.33. The summed E-state index contributed by atoms with van der Waals surface area (Å²) in [6.07, 6.45) is -4.59. The minimum atomic E-state index is -4.28. The highest BCUT2D eigenvalue weighted by Crippen LogP contribution is 2.12. The Balaban J connectivity index is 3.57. The smallest absolute Gasteiger partial charge is 0.401 e. The summed E-state index contributed by atoms with van der Waals surface area (Å²) in [6, 6.07) is -0.663. The van der Waals surface area contributed by atoms with Crippen LogP contribution in [-0.2, 0) is 4.79 Å². The summed E-state index contributed by atoms with van der Waals surface area (Å²) in [4.78, 5) is 10.0. The molecule has 0 rings (SSSR count). The third kappa shape index (κ3) is 7.33. The molecule has 0 saturated carbocycles. The van der Waals surface area contributed by atoms with Crippen molar-refractivity contribution in [2.75, 3.05) is 6.54 Å². The van der Waals surface area contributed by atoms with Crippen molar-refractivity contribution >= 4 is 5.97 Å². The third-order valence-corrected chi connectivity index (χ3v) is 1.13. The van der Waals surface area contributed by atoms with Gasteiger partial charge in [-0.3, -0.25) is 4.79 Å². The lowest BCUT2D eigenvalue weighted by atomic mass is 10.2. The van der Waals surface area contributed by atoms with E-state index in [1.165, 1.54) is 6.92 Å². The van der Waals surface area contributed by atoms with Crippen LogP contribution in [0.15, 0.2) is 0 Å². The molecule has 0 radical (unpaired) electrons. The maximum atomic E-state index is 11.5. The summed E-state index contributed by atoms with van der Waals surface area (Å²) in [6.45, 7) is 0.237. The number of carboxylic acids is 1. The molecular formula is C6H10F3NO2. The molecule has 0 fully saturated rings. The van der Waals surface area contributed by atoms with Gasteiger partial charge in [0.05, 0.1) is 13.0 Å². The Morgan fingerprint density at radius 3 is 2.42 bits per heavy atom. The predicted octanol–water partition coefficient (Wildman–Crippen LogP) is 1.00. The Kier molecular flexibility index (Phi) is 4.02. The van der Waals surface area contributed by atoms with Gasteiger partial charge in [0.25, 0.3) is 0 Å². The monoisotopic (exact) mass is 185 g/mol. The van der Waals surface area contributed by atoms with Crippen LogP contribution in [0, 0.1) is 0 Å². The lowest BCUT2D eigenvalue weighted by Gasteiger charge is -2.12. The maximum Gasteiger partial charge on any atom is 0.401 e. The number of alkyl halides is 3. The molecule has 0 aromatic heterocycles. The Hall–Kier alpha value is -0.780. The van der Waals surface area contributed by atoms with Gasteiger partial charge in [0.15, 0.2) is 0 Å². The number of rotatable bonds is 4. The first-order valence-corrected chi connectivity index (χ1v) is 3.33. The van der Waals surface area contributed by atoms with E-state index in [2.05, 4.69) is 0 Å². The van der Waals surface area contributed by atoms with E-state index in [1.54, 1.807) is 0 Å². The SMILES string of the molecule is CC(CC(=O)O)NCC(F)(F)F. The lowest BCUT2D eigenvalue weighted by molar-refractivity contribution is -0.139. The van der Waals surface area contributed by atoms with Crippen molar-refractivity contribution in [3.8, 4) is 0 Å². The van der Waals surface area contributed by atoms with Crippen LogP contribution in [0.4, 0.5) is 13.2 Å². The molecule has 6 heteroatoms. The van der Waals surface area contributed by atoms with E-state index >= 15 is 0 Å². The molecule has 0 spiro atoms. The van der Waals surface area contributed by atoms with Crippen LogP contribution in [0.1, 0.15) is 13.3 Å². The molecule has 3 nitrogen and oxygen atoms in total. The lowest BCUT2D eigenvalue weighted by Crippen LogP contribution is -2.36. The van der Waals surface area contributed by atoms with Crippen molar-refractivity contribution in [3.63, 3.8) is 0 Å². The molecule has 2 N–H and O–H groups in total. The second kappa shape index (κ2) is 4.30. The topological polar surface area (TPSA) is 49.3 Å². The van der Waals surface area contributed by atoms with E-state index in [9.17, 15) is 18.0 Å². The van der Waals surface area contributed by atoms with Crippen LogP contribution in [0.25, 0.3) is 0 Å². The van der Waals surface area contributed by atoms with Crippen LogP contribution in [0.5, 0.6) is 0 Å². The summed E-state index contributed by atoms with van der Waals surface area (Å²) in [5.74, 6) is -1.11. The van der Waals surface area contributed by atoms with Gasteiger partial charge >= 0.3 is 12.1 Å². The van der Waals surface area contributed by atoms with Crippen LogP contribution in [-0.4, -0.2) is 29.8 Å². The van der Waals surface area contributed by atoms with Crippen LogP contribution in [0.3, 0.4) is 0 Å². The van der Waals surface area contributed by atoms with Crippen molar-refractivity contribution in [1.82, 2.24) is 5.32 Å². The summed E-state index contributed by atoms with van der Waals surface area (Å²) in [5, 5.41) is 10.2. The Bertz CT molecular complexity index is 157. The quantitative estimate of drug-likeness (QED) is 0.687. The standard InChI is InChI=1S/C6H10F3NO2/c1-4(2-5(11)12)10-3-6(7,8)9/h4,10H,2-3H2,1H3,(H,11,12). The summed E-state index contributed by atoms with van der Waals surface area (Å²) in [7, 11) is 0. The van der Waals surface area contributed by atoms with Crippen LogP contribution < -0.4 is 5.32 Å². The highest BCUT2D eigenvalue weighted by molar-refractivity contribution is 5.67. The minimum absolute atomic E-state index is 0.309. The van der Waals surface area contributed by atoms with Crippen molar-refractivity contribution in [2.45, 2.75) is 25.6 Å². The fourth-order valence-corrected chi connectivity index (χ4v) is 0.624. The predicted molar refractivity (Wildman–Crippen MR) is 35.8 cm³/mol. The number of halogens is 3. The first kappa shape index (κ1) is 11.2. The van der Waals surface area contributed by atoms with Gasteiger partial charge in [0.1, 0.15) is 0 Å². The number of nitrogens with one attached hydrogen (secondary N) is 1. The molecule has 0 saturated heterocycles. The van der Waals surface area contributed by atoms with Gasteiger partial charge in [-0.2, -0.15) is 13.2 Å². The van der Waals surface area contributed by atoms with Gasteiger partial charge in [-0.1, -0.05) is 0 Å². The van der Waals surface area contributed by atoms with E-state index in [4.69, 9.17) is 5.11 Å². The van der Waals surface area contributed by atoms with E-state index < -0.39 is 24.7 Å². The Morgan fingerprint density at radius 1 is 1.58 bits per heavy atom. The van der Waals surface area contributed by atoms with Gasteiger partial charge in [-0.15, -0.1) is 0 Å². The molecule has 1 atom stereocenters. The van der Waals surface area contributed by atoms with Crippen molar-refractivity contribution in [3.05, 3.63) is 0 Å². The third-order valence-electron chi connectivity index (χ3n) is 1.13. The first-order chi connectivity index (χ1) is 5.31. The van der Waals surface area contributed by atoms with E-state index in [1.807, 2.05) is 5.32 Å². The molecule has 0 aliphatic heterocycles. The molecule has 0 aromatic carbocycles. The molecule has 0 amide bonds. The molecule has 1 unspecified atom stereocenters. The van der Waals surface area contributed by atoms with E-state index in [0.29, 0.717) is 0 Å². The number of aliphatic carboxylic acids is 1. The second-order valence-electron chi connectivity index (χ2n) is 2.49. The van der Waals surface area contributed by atoms with Crippen molar-refractivity contribution < 1.29 is 23.1 Å². The van der Waals surface area contributed by atoms with Crippen molar-refractivity contribution in [2.24, 2.45) is 0 Å². The van der Waals surface area contributed by atoms with Crippen LogP contribution >= 0.6 is 0 Å². The zero-order valence-electron chi connectivity index (χ0n) is 6.48. The molecule has 72 valence electrons. The largest absolute Gasteiger partial charge is 0.481 e. The molecule has 12 heavy (non-hydrogen) atoms. The average molecular weight is 185 g/mol. The van der Waals surface area contributed by atoms with Gasteiger partial charge < -0.3 is 10.4 Å². The fourth-order valence-electron chi connectivity index (χ4n) is 0.624. The number of carbonyl (C=O) groups is 1. The van der Waals surface area contributed by atoms with Gasteiger partial charge in [-0.05, 0) is 6.92 Å². The van der Waals surface area contributed by atoms with E-state index in [-0.39, 0.29) is 6.42 Å². The van der Waals surface area contributed by atoms with Crippen LogP contribution in [0.2, 0.25) is 0 Å². The molecule has 0 bridgehead atoms. The number of hydrogen-bond acceptors (Lipinski definition) is 2. The summed E-state index contributed by atoms with van der Waals surface area (Å²) < 4.78 is 34.6. The summed E-state index contributed by atoms with van der Waals surface area (Å²) in [5.41, 5.74) is 0. The van der Waals surface area contributed by atoms with Gasteiger partial charge in [0.2, 0.25) is 0 Å². The average Bonchev–Trinajstić information content (AvgIpc) is 1.80. The molecule has 0 aromatic rings. The molecular weight excluding hydrogens is 175 g/mol. The van der Waals surface area contributed by atoms with Gasteiger partial charge in [0, 0.05) is 6.04 Å². The summed E-state index contributed by atoms with van der Waals surface area (Å²) >= 11 is 0. The zero-order valence-corrected chi connectivity index (χ0v) is 6.48. The Labute approximate surface area is 67.6 Å². The second-order valence-corrected chi connectivity index (χ2v) is 2.49. The normalized spacial score (nSPS) is 14.3. The van der Waals surface area contributed by atoms with E-state index in [0.717, 1.165) is 0 Å². The fraction of sp³-hybridized carbons (Fsp3) is 0.833. The number of hydrogen-bond donors (Lipinski definition) is 2. The maximum absolute atomic E-state index is 11.5. The highest BCUT2D eigenvalue weighted by atomic mass is 19.4. The van der Waals surface area contributed by atoms with Crippen molar-refractivity contribution in [1.29, 1.82) is 0 Å². The molecule has 0 aliphatic carbocycles. The highest BCUT2D eigenvalue weighted by Gasteiger charge is 2.27.